The van der Waals surface area contributed by atoms with E-state index in [2.05, 4.69) is 0 Å². The van der Waals surface area contributed by atoms with E-state index in [4.69, 9.17) is 0 Å². The Kier molecular flexibility index (Phi) is 4.16. The van der Waals surface area contributed by atoms with Gasteiger partial charge in [0, 0.05) is 0 Å². The number of hydrogen-bond acceptors (Lipinski definition) is 3. The topological polar surface area (TPSA) is 51.2 Å². The molecule has 0 amide bonds. The molecular weight excluding hydrogens is 235 g/mol. The van der Waals surface area contributed by atoms with Gasteiger partial charge in [-0.2, -0.15) is 0 Å². The maximum absolute atomic E-state index is 10.7. The fourth-order valence-corrected chi connectivity index (χ4v) is 1.94. The summed E-state index contributed by atoms with van der Waals surface area (Å²) in [5, 5.41) is 1.40. The quantitative estimate of drug-likeness (QED) is 0.581. The summed E-state index contributed by atoms with van der Waals surface area (Å²) in [5.41, 5.74) is 0.861. The van der Waals surface area contributed by atoms with Gasteiger partial charge in [-0.15, -0.1) is 0 Å². The van der Waals surface area contributed by atoms with Crippen LogP contribution in [-0.4, -0.2) is 15.6 Å². The normalized spacial score (nSPS) is 12.3. The van der Waals surface area contributed by atoms with E-state index in [1.165, 1.54) is 4.97 Å². The molecule has 0 spiro atoms. The summed E-state index contributed by atoms with van der Waals surface area (Å²) in [4.78, 5) is 33.4. The van der Waals surface area contributed by atoms with Gasteiger partial charge in [0.25, 0.3) is 0 Å². The molecule has 0 bridgehead atoms. The Morgan fingerprint density at radius 1 is 0.867 bits per heavy atom. The maximum atomic E-state index is 10.7. The van der Waals surface area contributed by atoms with Crippen molar-refractivity contribution in [1.82, 2.24) is 0 Å². The molecule has 15 heavy (non-hydrogen) atoms. The van der Waals surface area contributed by atoms with E-state index in [0.29, 0.717) is 15.6 Å². The van der Waals surface area contributed by atoms with Crippen LogP contribution in [0.5, 0.6) is 0 Å². The first kappa shape index (κ1) is 11.6. The van der Waals surface area contributed by atoms with Crippen LogP contribution in [0.4, 0.5) is 0 Å². The first-order valence-corrected chi connectivity index (χ1v) is 6.84. The van der Waals surface area contributed by atoms with Crippen molar-refractivity contribution in [3.63, 3.8) is 0 Å². The van der Waals surface area contributed by atoms with Gasteiger partial charge in [0.1, 0.15) is 0 Å². The standard InChI is InChI=1S/C8H7.3CHO.Mn/c1-2-8-6-4-3-5-7-8;3*1-2;/h1-7H;3*1H;. The average molecular weight is 245 g/mol. The monoisotopic (exact) mass is 245 g/mol. The molecule has 0 aliphatic carbocycles. The molecule has 0 N–H and O–H groups in total. The van der Waals surface area contributed by atoms with E-state index in [1.807, 2.05) is 30.3 Å². The van der Waals surface area contributed by atoms with Gasteiger partial charge in [0.15, 0.2) is 0 Å². The van der Waals surface area contributed by atoms with E-state index >= 15 is 0 Å². The SMILES string of the molecule is O=[CH][Mn]([CH]=O)([CH]=O)[CH]=Cc1ccccc1. The molecule has 0 saturated carbocycles. The fraction of sp³-hybridized carbons (Fsp3) is 0. The second-order valence-corrected chi connectivity index (χ2v) is 6.32. The zero-order valence-corrected chi connectivity index (χ0v) is 9.06. The molecule has 1 aromatic carbocycles. The second kappa shape index (κ2) is 5.39. The van der Waals surface area contributed by atoms with E-state index in [1.54, 1.807) is 6.08 Å². The summed E-state index contributed by atoms with van der Waals surface area (Å²) in [6, 6.07) is 9.20. The average Bonchev–Trinajstić information content (AvgIpc) is 2.33. The molecule has 0 fully saturated rings. The first-order chi connectivity index (χ1) is 7.26. The van der Waals surface area contributed by atoms with Crippen LogP contribution < -0.4 is 0 Å². The van der Waals surface area contributed by atoms with Crippen molar-refractivity contribution in [3.8, 4) is 0 Å². The molecule has 0 aliphatic rings. The van der Waals surface area contributed by atoms with Crippen LogP contribution in [0.25, 0.3) is 6.08 Å². The molecule has 0 heterocycles. The molecule has 0 radical (unpaired) electrons. The van der Waals surface area contributed by atoms with Gasteiger partial charge in [-0.05, 0) is 0 Å². The molecule has 79 valence electrons. The van der Waals surface area contributed by atoms with E-state index < -0.39 is 12.8 Å². The number of rotatable bonds is 5. The minimum atomic E-state index is -3.14. The molecular formula is C11H10MnO3. The summed E-state index contributed by atoms with van der Waals surface area (Å²) in [7, 11) is 0. The number of carbonyl (C=O) groups is 3. The Labute approximate surface area is 90.0 Å². The Bertz CT molecular complexity index is 362. The van der Waals surface area contributed by atoms with Crippen molar-refractivity contribution >= 4 is 21.6 Å². The molecule has 0 aromatic heterocycles. The van der Waals surface area contributed by atoms with Crippen molar-refractivity contribution in [1.29, 1.82) is 0 Å². The van der Waals surface area contributed by atoms with Crippen LogP contribution >= 0.6 is 0 Å². The van der Waals surface area contributed by atoms with E-state index in [0.717, 1.165) is 5.56 Å². The summed E-state index contributed by atoms with van der Waals surface area (Å²) < 4.78 is 0. The van der Waals surface area contributed by atoms with Crippen LogP contribution in [0.15, 0.2) is 35.3 Å². The van der Waals surface area contributed by atoms with Gasteiger partial charge in [-0.3, -0.25) is 0 Å². The van der Waals surface area contributed by atoms with Crippen LogP contribution in [0.1, 0.15) is 5.56 Å². The number of benzene rings is 1. The third-order valence-electron chi connectivity index (χ3n) is 1.74. The first-order valence-electron chi connectivity index (χ1n) is 4.11. The summed E-state index contributed by atoms with van der Waals surface area (Å²) in [5.74, 6) is 0. The predicted molar refractivity (Wildman–Crippen MR) is 55.7 cm³/mol. The molecule has 0 unspecified atom stereocenters. The second-order valence-electron chi connectivity index (χ2n) is 2.73. The number of hydrogen-bond donors (Lipinski definition) is 0. The zero-order valence-electron chi connectivity index (χ0n) is 7.88. The molecule has 1 aromatic rings. The van der Waals surface area contributed by atoms with Crippen LogP contribution in [0, 0.1) is 0 Å². The van der Waals surface area contributed by atoms with Crippen LogP contribution in [0.2, 0.25) is 0 Å². The van der Waals surface area contributed by atoms with Crippen molar-refractivity contribution in [3.05, 3.63) is 40.9 Å². The minimum absolute atomic E-state index is 0.466. The Balaban J connectivity index is 2.93. The van der Waals surface area contributed by atoms with Gasteiger partial charge in [0.05, 0.1) is 0 Å². The summed E-state index contributed by atoms with van der Waals surface area (Å²) in [6.07, 6.45) is 1.63. The van der Waals surface area contributed by atoms with E-state index in [-0.39, 0.29) is 0 Å². The van der Waals surface area contributed by atoms with Gasteiger partial charge >= 0.3 is 89.7 Å². The predicted octanol–water partition coefficient (Wildman–Crippen LogP) is 1.38. The van der Waals surface area contributed by atoms with Crippen molar-refractivity contribution in [2.45, 2.75) is 0 Å². The third kappa shape index (κ3) is 2.98. The Morgan fingerprint density at radius 3 is 1.87 bits per heavy atom. The molecule has 0 saturated heterocycles. The molecule has 4 heteroatoms. The molecule has 0 atom stereocenters. The Morgan fingerprint density at radius 2 is 1.40 bits per heavy atom. The zero-order chi connectivity index (χ0) is 11.1. The Hall–Kier alpha value is -1.51. The van der Waals surface area contributed by atoms with Gasteiger partial charge in [-0.1, -0.05) is 0 Å². The molecule has 3 nitrogen and oxygen atoms in total. The van der Waals surface area contributed by atoms with Crippen LogP contribution in [0.3, 0.4) is 0 Å². The summed E-state index contributed by atoms with van der Waals surface area (Å²) >= 11 is -3.14. The van der Waals surface area contributed by atoms with Gasteiger partial charge in [0.2, 0.25) is 0 Å². The van der Waals surface area contributed by atoms with Crippen molar-refractivity contribution < 1.29 is 27.2 Å². The molecule has 0 aliphatic heterocycles. The molecule has 1 rings (SSSR count). The van der Waals surface area contributed by atoms with Gasteiger partial charge in [-0.25, -0.2) is 0 Å². The van der Waals surface area contributed by atoms with E-state index in [9.17, 15) is 14.4 Å². The van der Waals surface area contributed by atoms with Crippen LogP contribution in [-0.2, 0) is 27.2 Å². The van der Waals surface area contributed by atoms with Crippen molar-refractivity contribution in [2.24, 2.45) is 0 Å². The third-order valence-corrected chi connectivity index (χ3v) is 4.06. The van der Waals surface area contributed by atoms with Gasteiger partial charge < -0.3 is 0 Å². The summed E-state index contributed by atoms with van der Waals surface area (Å²) in [6.45, 7) is 0. The van der Waals surface area contributed by atoms with Crippen molar-refractivity contribution in [2.75, 3.05) is 0 Å². The number of carbonyl (C=O) groups excluding carboxylic acids is 3. The fourth-order valence-electron chi connectivity index (χ4n) is 0.898.